The van der Waals surface area contributed by atoms with Crippen LogP contribution in [0.2, 0.25) is 0 Å². The summed E-state index contributed by atoms with van der Waals surface area (Å²) in [5, 5.41) is 2.86. The highest BCUT2D eigenvalue weighted by Gasteiger charge is 2.29. The fourth-order valence-electron chi connectivity index (χ4n) is 1.28. The molecule has 1 nitrogen and oxygen atoms in total. The Balaban J connectivity index is 2.57. The molecule has 102 valence electrons. The third-order valence-electron chi connectivity index (χ3n) is 2.01. The van der Waals surface area contributed by atoms with E-state index in [1.807, 2.05) is 6.26 Å². The third-order valence-corrected chi connectivity index (χ3v) is 3.43. The molecule has 0 heterocycles. The largest absolute Gasteiger partial charge is 0.446 e. The minimum absolute atomic E-state index is 0.144. The lowest BCUT2D eigenvalue weighted by molar-refractivity contribution is -0.0328. The highest BCUT2D eigenvalue weighted by Crippen LogP contribution is 2.37. The summed E-state index contributed by atoms with van der Waals surface area (Å²) >= 11 is 1.37. The zero-order valence-electron chi connectivity index (χ0n) is 9.68. The summed E-state index contributed by atoms with van der Waals surface area (Å²) in [6, 6.07) is 3.50. The first-order chi connectivity index (χ1) is 8.42. The number of thioether (sulfide) groups is 2. The van der Waals surface area contributed by atoms with Gasteiger partial charge in [0.2, 0.25) is 0 Å². The molecule has 0 aromatic heterocycles. The van der Waals surface area contributed by atoms with Gasteiger partial charge in [-0.1, -0.05) is 0 Å². The normalized spacial score (nSPS) is 11.6. The highest BCUT2D eigenvalue weighted by atomic mass is 32.2. The number of hydrogen-bond donors (Lipinski definition) is 1. The molecule has 1 N–H and O–H groups in total. The molecule has 0 amide bonds. The van der Waals surface area contributed by atoms with Gasteiger partial charge in [0.25, 0.3) is 0 Å². The molecule has 0 bridgehead atoms. The molecule has 0 aliphatic rings. The van der Waals surface area contributed by atoms with Crippen LogP contribution in [0.4, 0.5) is 23.2 Å². The maximum Gasteiger partial charge on any atom is 0.446 e. The van der Waals surface area contributed by atoms with E-state index < -0.39 is 11.3 Å². The van der Waals surface area contributed by atoms with E-state index in [1.165, 1.54) is 12.1 Å². The van der Waals surface area contributed by atoms with Crippen LogP contribution in [0.1, 0.15) is 6.42 Å². The topological polar surface area (TPSA) is 12.0 Å². The second kappa shape index (κ2) is 7.13. The van der Waals surface area contributed by atoms with E-state index in [9.17, 15) is 17.6 Å². The van der Waals surface area contributed by atoms with E-state index in [4.69, 9.17) is 0 Å². The van der Waals surface area contributed by atoms with E-state index in [1.54, 1.807) is 11.8 Å². The van der Waals surface area contributed by atoms with Crippen molar-refractivity contribution in [2.75, 3.05) is 23.9 Å². The fraction of sp³-hybridized carbons (Fsp3) is 0.455. The Hall–Kier alpha value is -0.560. The smallest absolute Gasteiger partial charge is 0.383 e. The highest BCUT2D eigenvalue weighted by molar-refractivity contribution is 8.00. The molecule has 0 aliphatic carbocycles. The van der Waals surface area contributed by atoms with Gasteiger partial charge < -0.3 is 5.32 Å². The van der Waals surface area contributed by atoms with Gasteiger partial charge in [0.05, 0.1) is 5.69 Å². The van der Waals surface area contributed by atoms with Gasteiger partial charge >= 0.3 is 5.51 Å². The van der Waals surface area contributed by atoms with Crippen LogP contribution in [-0.4, -0.2) is 24.1 Å². The maximum atomic E-state index is 13.5. The van der Waals surface area contributed by atoms with Crippen LogP contribution in [0, 0.1) is 5.82 Å². The van der Waals surface area contributed by atoms with Crippen LogP contribution in [0.5, 0.6) is 0 Å². The van der Waals surface area contributed by atoms with Gasteiger partial charge in [0, 0.05) is 11.4 Å². The minimum Gasteiger partial charge on any atom is -0.383 e. The summed E-state index contributed by atoms with van der Waals surface area (Å²) in [5.74, 6) is 0.296. The number of halogens is 4. The number of alkyl halides is 3. The number of rotatable bonds is 6. The van der Waals surface area contributed by atoms with Crippen molar-refractivity contribution in [2.24, 2.45) is 0 Å². The van der Waals surface area contributed by atoms with Gasteiger partial charge in [-0.25, -0.2) is 4.39 Å². The van der Waals surface area contributed by atoms with Gasteiger partial charge in [0.15, 0.2) is 0 Å². The molecule has 0 unspecified atom stereocenters. The van der Waals surface area contributed by atoms with Crippen molar-refractivity contribution in [3.63, 3.8) is 0 Å². The van der Waals surface area contributed by atoms with Crippen molar-refractivity contribution < 1.29 is 17.6 Å². The zero-order valence-corrected chi connectivity index (χ0v) is 11.3. The Labute approximate surface area is 112 Å². The lowest BCUT2D eigenvalue weighted by atomic mass is 10.3. The summed E-state index contributed by atoms with van der Waals surface area (Å²) in [6.07, 6.45) is 2.85. The van der Waals surface area contributed by atoms with E-state index in [2.05, 4.69) is 5.32 Å². The second-order valence-corrected chi connectivity index (χ2v) is 5.59. The monoisotopic (exact) mass is 299 g/mol. The Bertz CT molecular complexity index is 382. The number of hydrogen-bond acceptors (Lipinski definition) is 3. The SMILES string of the molecule is CSCCCNc1ccc(SC(F)(F)F)cc1F. The standard InChI is InChI=1S/C11H13F4NS2/c1-17-6-2-5-16-10-4-3-8(7-9(10)12)18-11(13,14)15/h3-4,7,16H,2,5-6H2,1H3. The van der Waals surface area contributed by atoms with Crippen LogP contribution in [-0.2, 0) is 0 Å². The fourth-order valence-corrected chi connectivity index (χ4v) is 2.27. The first-order valence-electron chi connectivity index (χ1n) is 5.20. The summed E-state index contributed by atoms with van der Waals surface area (Å²) in [6.45, 7) is 0.601. The second-order valence-electron chi connectivity index (χ2n) is 3.46. The van der Waals surface area contributed by atoms with Crippen molar-refractivity contribution in [1.82, 2.24) is 0 Å². The van der Waals surface area contributed by atoms with Crippen LogP contribution in [0.15, 0.2) is 23.1 Å². The minimum atomic E-state index is -4.39. The van der Waals surface area contributed by atoms with Gasteiger partial charge in [-0.15, -0.1) is 0 Å². The van der Waals surface area contributed by atoms with Crippen LogP contribution in [0.3, 0.4) is 0 Å². The van der Waals surface area contributed by atoms with E-state index in [0.717, 1.165) is 18.2 Å². The molecular weight excluding hydrogens is 286 g/mol. The van der Waals surface area contributed by atoms with Crippen molar-refractivity contribution >= 4 is 29.2 Å². The molecule has 0 spiro atoms. The van der Waals surface area contributed by atoms with Crippen molar-refractivity contribution in [3.05, 3.63) is 24.0 Å². The van der Waals surface area contributed by atoms with Gasteiger partial charge in [0.1, 0.15) is 5.82 Å². The van der Waals surface area contributed by atoms with Gasteiger partial charge in [-0.3, -0.25) is 0 Å². The van der Waals surface area contributed by atoms with Crippen LogP contribution in [0.25, 0.3) is 0 Å². The van der Waals surface area contributed by atoms with E-state index >= 15 is 0 Å². The quantitative estimate of drug-likeness (QED) is 0.468. The Morgan fingerprint density at radius 1 is 1.28 bits per heavy atom. The molecule has 0 atom stereocenters. The molecule has 0 saturated carbocycles. The van der Waals surface area contributed by atoms with Gasteiger partial charge in [-0.05, 0) is 48.4 Å². The molecule has 0 saturated heterocycles. The average molecular weight is 299 g/mol. The van der Waals surface area contributed by atoms with Crippen molar-refractivity contribution in [3.8, 4) is 0 Å². The molecule has 0 aliphatic heterocycles. The predicted octanol–water partition coefficient (Wildman–Crippen LogP) is 4.60. The van der Waals surface area contributed by atoms with E-state index in [-0.39, 0.29) is 22.3 Å². The number of nitrogens with one attached hydrogen (secondary N) is 1. The summed E-state index contributed by atoms with van der Waals surface area (Å²) in [4.78, 5) is -0.144. The summed E-state index contributed by atoms with van der Waals surface area (Å²) in [5.41, 5.74) is -4.15. The number of anilines is 1. The Morgan fingerprint density at radius 3 is 2.56 bits per heavy atom. The maximum absolute atomic E-state index is 13.5. The Kier molecular flexibility index (Phi) is 6.14. The molecular formula is C11H13F4NS2. The molecule has 7 heteroatoms. The van der Waals surface area contributed by atoms with Crippen LogP contribution >= 0.6 is 23.5 Å². The molecule has 0 radical (unpaired) electrons. The first-order valence-corrected chi connectivity index (χ1v) is 7.41. The molecule has 0 fully saturated rings. The van der Waals surface area contributed by atoms with Gasteiger partial charge in [-0.2, -0.15) is 24.9 Å². The van der Waals surface area contributed by atoms with E-state index in [0.29, 0.717) is 6.54 Å². The number of benzene rings is 1. The molecule has 1 aromatic rings. The van der Waals surface area contributed by atoms with Crippen molar-refractivity contribution in [1.29, 1.82) is 0 Å². The average Bonchev–Trinajstić information content (AvgIpc) is 2.24. The Morgan fingerprint density at radius 2 is 2.00 bits per heavy atom. The summed E-state index contributed by atoms with van der Waals surface area (Å²) in [7, 11) is 0. The first kappa shape index (κ1) is 15.5. The van der Waals surface area contributed by atoms with Crippen molar-refractivity contribution in [2.45, 2.75) is 16.8 Å². The predicted molar refractivity (Wildman–Crippen MR) is 69.8 cm³/mol. The summed E-state index contributed by atoms with van der Waals surface area (Å²) < 4.78 is 49.7. The third kappa shape index (κ3) is 5.86. The molecule has 1 aromatic carbocycles. The molecule has 1 rings (SSSR count). The molecule has 18 heavy (non-hydrogen) atoms. The zero-order chi connectivity index (χ0) is 13.6. The lowest BCUT2D eigenvalue weighted by Crippen LogP contribution is -2.05. The lowest BCUT2D eigenvalue weighted by Gasteiger charge is -2.09. The van der Waals surface area contributed by atoms with Crippen LogP contribution < -0.4 is 5.32 Å².